The van der Waals surface area contributed by atoms with Gasteiger partial charge in [-0.2, -0.15) is 0 Å². The van der Waals surface area contributed by atoms with Crippen LogP contribution in [0.25, 0.3) is 28.3 Å². The number of hydrogen-bond donors (Lipinski definition) is 0. The number of allylic oxidation sites excluding steroid dienone is 2. The van der Waals surface area contributed by atoms with Gasteiger partial charge in [-0.3, -0.25) is 0 Å². The van der Waals surface area contributed by atoms with Crippen molar-refractivity contribution in [1.29, 1.82) is 0 Å². The average molecular weight is 541 g/mol. The zero-order valence-corrected chi connectivity index (χ0v) is 24.0. The first-order chi connectivity index (χ1) is 20.6. The Bertz CT molecular complexity index is 1840. The van der Waals surface area contributed by atoms with Crippen LogP contribution in [0.1, 0.15) is 40.3 Å². The molecule has 2 aliphatic rings. The first kappa shape index (κ1) is 25.9. The molecular weight excluding hydrogens is 508 g/mol. The molecule has 0 fully saturated rings. The predicted molar refractivity (Wildman–Crippen MR) is 174 cm³/mol. The number of ether oxygens (including phenoxy) is 1. The summed E-state index contributed by atoms with van der Waals surface area (Å²) in [5, 5.41) is 0. The lowest BCUT2D eigenvalue weighted by molar-refractivity contribution is 0.270. The van der Waals surface area contributed by atoms with E-state index in [0.29, 0.717) is 0 Å². The van der Waals surface area contributed by atoms with Crippen molar-refractivity contribution >= 4 is 6.08 Å². The summed E-state index contributed by atoms with van der Waals surface area (Å²) < 4.78 is 6.20. The maximum Gasteiger partial charge on any atom is 0.148 e. The van der Waals surface area contributed by atoms with Crippen molar-refractivity contribution in [3.05, 3.63) is 173 Å². The van der Waals surface area contributed by atoms with Crippen molar-refractivity contribution in [2.45, 2.75) is 24.7 Å². The van der Waals surface area contributed by atoms with Crippen LogP contribution in [0.15, 0.2) is 139 Å². The van der Waals surface area contributed by atoms with Gasteiger partial charge in [-0.1, -0.05) is 133 Å². The molecule has 42 heavy (non-hydrogen) atoms. The highest BCUT2D eigenvalue weighted by atomic mass is 16.5. The largest absolute Gasteiger partial charge is 0.481 e. The second-order valence-electron chi connectivity index (χ2n) is 11.3. The molecule has 7 rings (SSSR count). The third-order valence-corrected chi connectivity index (χ3v) is 9.31. The topological polar surface area (TPSA) is 9.23 Å². The van der Waals surface area contributed by atoms with E-state index < -0.39 is 10.8 Å². The minimum Gasteiger partial charge on any atom is -0.481 e. The summed E-state index contributed by atoms with van der Waals surface area (Å²) in [4.78, 5) is 0. The molecule has 1 heteroatoms. The molecule has 0 unspecified atom stereocenters. The van der Waals surface area contributed by atoms with Crippen molar-refractivity contribution in [2.24, 2.45) is 0 Å². The maximum atomic E-state index is 6.20. The van der Waals surface area contributed by atoms with Crippen LogP contribution < -0.4 is 0 Å². The lowest BCUT2D eigenvalue weighted by Gasteiger charge is -2.46. The van der Waals surface area contributed by atoms with Crippen LogP contribution in [0.5, 0.6) is 0 Å². The van der Waals surface area contributed by atoms with Gasteiger partial charge in [0.25, 0.3) is 0 Å². The van der Waals surface area contributed by atoms with E-state index in [9.17, 15) is 0 Å². The van der Waals surface area contributed by atoms with E-state index in [1.54, 1.807) is 0 Å². The SMILES string of the molecule is C#CCOC(/C=C/C1(C2(C)c3ccccc3-c3ccccc32)c2ccccc2-c2ccccc21)=C/c1ccccc1C. The molecule has 5 aromatic rings. The summed E-state index contributed by atoms with van der Waals surface area (Å²) in [5.74, 6) is 3.40. The van der Waals surface area contributed by atoms with Crippen molar-refractivity contribution in [3.8, 4) is 34.6 Å². The van der Waals surface area contributed by atoms with Crippen molar-refractivity contribution in [1.82, 2.24) is 0 Å². The van der Waals surface area contributed by atoms with E-state index in [0.717, 1.165) is 11.3 Å². The quantitative estimate of drug-likeness (QED) is 0.118. The average Bonchev–Trinajstić information content (AvgIpc) is 3.48. The highest BCUT2D eigenvalue weighted by Gasteiger charge is 2.58. The highest BCUT2D eigenvalue weighted by Crippen LogP contribution is 2.65. The van der Waals surface area contributed by atoms with E-state index in [1.807, 2.05) is 0 Å². The number of hydrogen-bond acceptors (Lipinski definition) is 1. The second kappa shape index (κ2) is 10.1. The monoisotopic (exact) mass is 540 g/mol. The van der Waals surface area contributed by atoms with E-state index in [2.05, 4.69) is 159 Å². The Morgan fingerprint density at radius 2 is 1.12 bits per heavy atom. The van der Waals surface area contributed by atoms with Crippen LogP contribution in [-0.2, 0) is 15.6 Å². The van der Waals surface area contributed by atoms with Gasteiger partial charge < -0.3 is 4.74 Å². The van der Waals surface area contributed by atoms with Crippen molar-refractivity contribution in [2.75, 3.05) is 6.61 Å². The lowest BCUT2D eigenvalue weighted by Crippen LogP contribution is -2.45. The standard InChI is InChI=1S/C41H32O/c1-4-27-42-31(28-30-16-6-5-15-29(30)2)25-26-41(38-23-13-9-19-34(38)35-20-10-14-24-39(35)41)40(3)36-21-11-7-17-32(36)33-18-8-12-22-37(33)40/h1,5-26,28H,27H2,2-3H3/b26-25+,31-28+. The third kappa shape index (κ3) is 3.65. The first-order valence-corrected chi connectivity index (χ1v) is 14.5. The number of rotatable bonds is 6. The fourth-order valence-corrected chi connectivity index (χ4v) is 7.40. The maximum absolute atomic E-state index is 6.20. The number of aryl methyl sites for hydroxylation is 1. The molecule has 0 saturated carbocycles. The zero-order chi connectivity index (χ0) is 28.7. The first-order valence-electron chi connectivity index (χ1n) is 14.5. The molecule has 0 saturated heterocycles. The molecule has 0 heterocycles. The Hall–Kier alpha value is -5.06. The summed E-state index contributed by atoms with van der Waals surface area (Å²) >= 11 is 0. The Morgan fingerprint density at radius 3 is 1.64 bits per heavy atom. The fourth-order valence-electron chi connectivity index (χ4n) is 7.40. The van der Waals surface area contributed by atoms with Gasteiger partial charge in [-0.15, -0.1) is 6.42 Å². The molecular formula is C41H32O. The zero-order valence-electron chi connectivity index (χ0n) is 24.0. The smallest absolute Gasteiger partial charge is 0.148 e. The normalized spacial score (nSPS) is 15.4. The fraction of sp³-hybridized carbons (Fsp3) is 0.122. The predicted octanol–water partition coefficient (Wildman–Crippen LogP) is 9.50. The highest BCUT2D eigenvalue weighted by molar-refractivity contribution is 5.90. The third-order valence-electron chi connectivity index (χ3n) is 9.31. The Kier molecular flexibility index (Phi) is 6.22. The molecule has 0 aromatic heterocycles. The summed E-state index contributed by atoms with van der Waals surface area (Å²) in [6, 6.07) is 43.9. The molecule has 5 aromatic carbocycles. The van der Waals surface area contributed by atoms with Gasteiger partial charge in [0.05, 0.1) is 5.41 Å². The van der Waals surface area contributed by atoms with Crippen molar-refractivity contribution < 1.29 is 4.74 Å². The van der Waals surface area contributed by atoms with Gasteiger partial charge in [0.2, 0.25) is 0 Å². The summed E-state index contributed by atoms with van der Waals surface area (Å²) in [7, 11) is 0. The summed E-state index contributed by atoms with van der Waals surface area (Å²) in [6.45, 7) is 4.74. The van der Waals surface area contributed by atoms with Crippen molar-refractivity contribution in [3.63, 3.8) is 0 Å². The van der Waals surface area contributed by atoms with Gasteiger partial charge in [-0.05, 0) is 81.6 Å². The van der Waals surface area contributed by atoms with Gasteiger partial charge in [0.15, 0.2) is 0 Å². The number of terminal acetylenes is 1. The minimum absolute atomic E-state index is 0.200. The van der Waals surface area contributed by atoms with Gasteiger partial charge >= 0.3 is 0 Å². The molecule has 202 valence electrons. The van der Waals surface area contributed by atoms with Crippen LogP contribution in [0.2, 0.25) is 0 Å². The van der Waals surface area contributed by atoms with Crippen LogP contribution in [-0.4, -0.2) is 6.61 Å². The van der Waals surface area contributed by atoms with E-state index in [4.69, 9.17) is 11.2 Å². The number of fused-ring (bicyclic) bond motifs is 6. The Morgan fingerprint density at radius 1 is 0.667 bits per heavy atom. The molecule has 0 radical (unpaired) electrons. The van der Waals surface area contributed by atoms with Crippen LogP contribution in [0.3, 0.4) is 0 Å². The molecule has 2 aliphatic carbocycles. The molecule has 1 nitrogen and oxygen atoms in total. The molecule has 0 atom stereocenters. The van der Waals surface area contributed by atoms with Crippen LogP contribution >= 0.6 is 0 Å². The second-order valence-corrected chi connectivity index (χ2v) is 11.3. The Balaban J connectivity index is 1.55. The molecule has 0 spiro atoms. The van der Waals surface area contributed by atoms with Crippen LogP contribution in [0.4, 0.5) is 0 Å². The molecule has 0 amide bonds. The van der Waals surface area contributed by atoms with Gasteiger partial charge in [-0.25, -0.2) is 0 Å². The number of benzene rings is 5. The molecule has 0 bridgehead atoms. The molecule has 0 aliphatic heterocycles. The summed E-state index contributed by atoms with van der Waals surface area (Å²) in [5.41, 5.74) is 11.8. The van der Waals surface area contributed by atoms with E-state index in [-0.39, 0.29) is 6.61 Å². The van der Waals surface area contributed by atoms with Gasteiger partial charge in [0.1, 0.15) is 12.4 Å². The van der Waals surface area contributed by atoms with E-state index >= 15 is 0 Å². The lowest BCUT2D eigenvalue weighted by atomic mass is 9.55. The molecule has 0 N–H and O–H groups in total. The van der Waals surface area contributed by atoms with E-state index in [1.165, 1.54) is 50.1 Å². The minimum atomic E-state index is -0.521. The Labute approximate surface area is 248 Å². The van der Waals surface area contributed by atoms with Gasteiger partial charge in [0, 0.05) is 5.41 Å². The summed E-state index contributed by atoms with van der Waals surface area (Å²) in [6.07, 6.45) is 12.3. The van der Waals surface area contributed by atoms with Crippen LogP contribution in [0, 0.1) is 19.3 Å².